The van der Waals surface area contributed by atoms with E-state index in [0.717, 1.165) is 63.7 Å². The van der Waals surface area contributed by atoms with Gasteiger partial charge >= 0.3 is 22.6 Å². The lowest BCUT2D eigenvalue weighted by Crippen LogP contribution is -2.44. The topological polar surface area (TPSA) is 206 Å². The van der Waals surface area contributed by atoms with Gasteiger partial charge in [-0.15, -0.1) is 10.2 Å². The fourth-order valence-electron chi connectivity index (χ4n) is 11.0. The maximum absolute atomic E-state index is 14.3. The molecule has 6 aromatic heterocycles. The number of rotatable bonds is 14. The van der Waals surface area contributed by atoms with Crippen LogP contribution < -0.4 is 20.4 Å². The summed E-state index contributed by atoms with van der Waals surface area (Å²) in [7, 11) is 3.06. The lowest BCUT2D eigenvalue weighted by atomic mass is 10.0. The first-order valence-electron chi connectivity index (χ1n) is 28.3. The number of anilines is 6. The van der Waals surface area contributed by atoms with Gasteiger partial charge in [0, 0.05) is 140 Å². The molecular weight excluding hydrogens is 1150 g/mol. The van der Waals surface area contributed by atoms with E-state index in [2.05, 4.69) is 45.2 Å². The normalized spacial score (nSPS) is 17.5. The van der Waals surface area contributed by atoms with E-state index in [1.54, 1.807) is 46.7 Å². The summed E-state index contributed by atoms with van der Waals surface area (Å²) in [5.41, 5.74) is 4.22. The van der Waals surface area contributed by atoms with Gasteiger partial charge in [0.2, 0.25) is 0 Å². The first kappa shape index (κ1) is 60.2. The van der Waals surface area contributed by atoms with Crippen LogP contribution in [0.1, 0.15) is 33.6 Å². The van der Waals surface area contributed by atoms with Gasteiger partial charge in [-0.3, -0.25) is 9.80 Å². The number of alkyl halides is 6. The van der Waals surface area contributed by atoms with Crippen LogP contribution in [0.4, 0.5) is 61.0 Å². The van der Waals surface area contributed by atoms with Gasteiger partial charge < -0.3 is 44.7 Å². The molecule has 4 fully saturated rings. The molecule has 4 aliphatic heterocycles. The van der Waals surface area contributed by atoms with Crippen LogP contribution in [0.15, 0.2) is 73.6 Å². The second kappa shape index (κ2) is 24.7. The Kier molecular flexibility index (Phi) is 17.3. The lowest BCUT2D eigenvalue weighted by Gasteiger charge is -2.33. The minimum absolute atomic E-state index is 0.122. The minimum atomic E-state index is -4.55. The van der Waals surface area contributed by atoms with Crippen LogP contribution in [-0.2, 0) is 45.1 Å². The molecule has 30 heteroatoms. The number of imidazole rings is 4. The van der Waals surface area contributed by atoms with E-state index in [9.17, 15) is 34.8 Å². The number of halogens is 6. The molecule has 0 spiro atoms. The maximum atomic E-state index is 14.3. The summed E-state index contributed by atoms with van der Waals surface area (Å²) in [6, 6.07) is 12.2. The summed E-state index contributed by atoms with van der Waals surface area (Å²) >= 11 is 0. The fraction of sp³-hybridized carbons (Fsp3) is 0.464. The number of ether oxygens (including phenoxy) is 2. The van der Waals surface area contributed by atoms with Crippen molar-refractivity contribution in [3.63, 3.8) is 0 Å². The van der Waals surface area contributed by atoms with Gasteiger partial charge in [0.1, 0.15) is 6.33 Å². The molecular formula is C56H69F6N19O4S. The van der Waals surface area contributed by atoms with Crippen LogP contribution in [0.5, 0.6) is 0 Å². The molecule has 0 atom stereocenters. The molecule has 86 heavy (non-hydrogen) atoms. The van der Waals surface area contributed by atoms with Crippen molar-refractivity contribution in [2.24, 2.45) is 0 Å². The van der Waals surface area contributed by atoms with Crippen LogP contribution in [0, 0.1) is 13.8 Å². The Hall–Kier alpha value is -7.45. The van der Waals surface area contributed by atoms with E-state index in [0.29, 0.717) is 142 Å². The molecule has 0 unspecified atom stereocenters. The second-order valence-electron chi connectivity index (χ2n) is 22.0. The van der Waals surface area contributed by atoms with Gasteiger partial charge in [-0.25, -0.2) is 23.9 Å². The molecule has 3 N–H and O–H groups in total. The van der Waals surface area contributed by atoms with Crippen LogP contribution in [0.25, 0.3) is 33.8 Å². The third-order valence-corrected chi connectivity index (χ3v) is 17.6. The number of nitrogens with zero attached hydrogens (tertiary/aromatic N) is 16. The maximum Gasteiger partial charge on any atom is 0.416 e. The van der Waals surface area contributed by atoms with Crippen LogP contribution in [0.3, 0.4) is 0 Å². The number of aryl methyl sites for hydroxylation is 2. The summed E-state index contributed by atoms with van der Waals surface area (Å²) < 4.78 is 128. The van der Waals surface area contributed by atoms with Crippen molar-refractivity contribution < 1.29 is 44.2 Å². The van der Waals surface area contributed by atoms with Gasteiger partial charge in [0.15, 0.2) is 34.6 Å². The number of H-pyrrole nitrogens is 1. The third kappa shape index (κ3) is 12.8. The Balaban J connectivity index is 0.000000180. The Morgan fingerprint density at radius 2 is 1.09 bits per heavy atom. The average Bonchev–Trinajstić information content (AvgIpc) is 1.97. The van der Waals surface area contributed by atoms with Crippen LogP contribution in [0.2, 0.25) is 0 Å². The van der Waals surface area contributed by atoms with Gasteiger partial charge in [-0.2, -0.15) is 48.1 Å². The highest BCUT2D eigenvalue weighted by molar-refractivity contribution is 7.87. The number of hydrogen-bond donors (Lipinski definition) is 3. The van der Waals surface area contributed by atoms with Crippen molar-refractivity contribution in [1.29, 1.82) is 0 Å². The summed E-state index contributed by atoms with van der Waals surface area (Å²) in [5.74, 6) is 2.20. The van der Waals surface area contributed by atoms with Crippen molar-refractivity contribution in [1.82, 2.24) is 72.0 Å². The number of benzene rings is 2. The van der Waals surface area contributed by atoms with Crippen molar-refractivity contribution in [2.45, 2.75) is 39.3 Å². The van der Waals surface area contributed by atoms with E-state index < -0.39 is 33.7 Å². The highest BCUT2D eigenvalue weighted by Gasteiger charge is 2.37. The zero-order valence-corrected chi connectivity index (χ0v) is 49.4. The zero-order chi connectivity index (χ0) is 60.7. The van der Waals surface area contributed by atoms with E-state index in [4.69, 9.17) is 29.6 Å². The molecule has 2 aromatic carbocycles. The largest absolute Gasteiger partial charge is 0.416 e. The number of fused-ring (bicyclic) bond motifs is 2. The smallest absolute Gasteiger partial charge is 0.378 e. The highest BCUT2D eigenvalue weighted by atomic mass is 32.2. The number of likely N-dealkylation sites (N-methyl/N-ethyl adjacent to an activating group) is 2. The molecule has 12 rings (SSSR count). The molecule has 0 radical (unpaired) electrons. The van der Waals surface area contributed by atoms with Gasteiger partial charge in [-0.1, -0.05) is 12.1 Å². The molecule has 460 valence electrons. The summed E-state index contributed by atoms with van der Waals surface area (Å²) in [6.45, 7) is 14.4. The van der Waals surface area contributed by atoms with Crippen molar-refractivity contribution in [3.8, 4) is 22.5 Å². The molecule has 23 nitrogen and oxygen atoms in total. The summed E-state index contributed by atoms with van der Waals surface area (Å²) in [4.78, 5) is 33.8. The standard InChI is InChI=1S/C29H37F3N10O3S.C27H32F3N9O/c1-20-27(35-24-7-5-6-23(29(30,31)32)22(24)17-39-10-8-38(4)9-11-39)42-28(34-20)21(16-26(36-42)40-12-14-45-15-13-40)25-18-41(19-33-25)46(43,44)37(2)3;1-18-25(34-22-5-3-4-21(27(28,29)30)20(22)16-37-8-6-36(2)7-9-37)39-26(33-18)19(23-15-31-17-32-23)14-24(35-39)38-10-12-40-13-11-38/h5-7,16,18-19,35H,8-15,17H2,1-4H3;3-5,14-15,17,34H,6-13,16H2,1-2H3,(H,31,32). The molecule has 8 aromatic rings. The first-order valence-corrected chi connectivity index (χ1v) is 29.7. The van der Waals surface area contributed by atoms with E-state index in [1.165, 1.54) is 38.8 Å². The van der Waals surface area contributed by atoms with E-state index in [-0.39, 0.29) is 24.2 Å². The number of morpholine rings is 2. The third-order valence-electron chi connectivity index (χ3n) is 15.9. The van der Waals surface area contributed by atoms with E-state index >= 15 is 0 Å². The van der Waals surface area contributed by atoms with Gasteiger partial charge in [-0.05, 0) is 64.3 Å². The molecule has 0 amide bonds. The van der Waals surface area contributed by atoms with Crippen molar-refractivity contribution >= 4 is 56.1 Å². The van der Waals surface area contributed by atoms with Gasteiger partial charge in [0.05, 0.1) is 78.4 Å². The van der Waals surface area contributed by atoms with Gasteiger partial charge in [0.25, 0.3) is 0 Å². The van der Waals surface area contributed by atoms with E-state index in [1.807, 2.05) is 36.9 Å². The number of piperazine rings is 2. The molecule has 4 saturated heterocycles. The monoisotopic (exact) mass is 1220 g/mol. The Morgan fingerprint density at radius 1 is 0.640 bits per heavy atom. The Morgan fingerprint density at radius 3 is 1.52 bits per heavy atom. The first-order chi connectivity index (χ1) is 41.1. The number of aromatic nitrogens is 10. The second-order valence-corrected chi connectivity index (χ2v) is 24.1. The molecule has 10 heterocycles. The summed E-state index contributed by atoms with van der Waals surface area (Å²) in [5, 5.41) is 16.3. The number of aromatic amines is 1. The highest BCUT2D eigenvalue weighted by Crippen LogP contribution is 2.41. The Labute approximate surface area is 493 Å². The van der Waals surface area contributed by atoms with Crippen LogP contribution in [-0.4, -0.2) is 214 Å². The average molecular weight is 1220 g/mol. The van der Waals surface area contributed by atoms with Crippen molar-refractivity contribution in [3.05, 3.63) is 107 Å². The predicted molar refractivity (Wildman–Crippen MR) is 313 cm³/mol. The summed E-state index contributed by atoms with van der Waals surface area (Å²) in [6.07, 6.45) is -3.08. The lowest BCUT2D eigenvalue weighted by molar-refractivity contribution is -0.139. The number of hydrogen-bond acceptors (Lipinski definition) is 18. The molecule has 0 bridgehead atoms. The van der Waals surface area contributed by atoms with Crippen molar-refractivity contribution in [2.75, 3.05) is 154 Å². The SMILES string of the molecule is Cc1nc2c(-c3cn(S(=O)(=O)N(C)C)cn3)cc(N3CCOCC3)nn2c1Nc1cccc(C(F)(F)F)c1CN1CCN(C)CC1.Cc1nc2c(-c3cnc[nH]3)cc(N3CCOCC3)nn2c1Nc1cccc(C(F)(F)F)c1CN1CCN(C)CC1. The molecule has 4 aliphatic rings. The fourth-order valence-corrected chi connectivity index (χ4v) is 11.7. The molecule has 0 aliphatic carbocycles. The predicted octanol–water partition coefficient (Wildman–Crippen LogP) is 6.68. The zero-order valence-electron chi connectivity index (χ0n) is 48.6. The Bertz CT molecular complexity index is 3790. The molecule has 0 saturated carbocycles. The minimum Gasteiger partial charge on any atom is -0.378 e. The quantitative estimate of drug-likeness (QED) is 0.0972. The number of nitrogens with one attached hydrogen (secondary N) is 3. The van der Waals surface area contributed by atoms with Crippen LogP contribution >= 0.6 is 0 Å².